The van der Waals surface area contributed by atoms with Crippen molar-refractivity contribution in [3.05, 3.63) is 17.7 Å². The average molecular weight is 289 g/mol. The minimum Gasteiger partial charge on any atom is -0.493 e. The SMILES string of the molecule is COc1cc(C)c(NC(=O)C2CC3CCC2C3)cc1OC. The second-order valence-electron chi connectivity index (χ2n) is 6.29. The van der Waals surface area contributed by atoms with Crippen LogP contribution in [-0.4, -0.2) is 20.1 Å². The number of hydrogen-bond donors (Lipinski definition) is 1. The summed E-state index contributed by atoms with van der Waals surface area (Å²) in [5.74, 6) is 3.06. The Hall–Kier alpha value is -1.71. The molecule has 1 aromatic carbocycles. The maximum atomic E-state index is 12.5. The highest BCUT2D eigenvalue weighted by molar-refractivity contribution is 5.94. The lowest BCUT2D eigenvalue weighted by molar-refractivity contribution is -0.121. The summed E-state index contributed by atoms with van der Waals surface area (Å²) in [6, 6.07) is 3.74. The van der Waals surface area contributed by atoms with Gasteiger partial charge in [-0.3, -0.25) is 4.79 Å². The number of amides is 1. The van der Waals surface area contributed by atoms with Crippen molar-refractivity contribution < 1.29 is 14.3 Å². The number of fused-ring (bicyclic) bond motifs is 2. The number of rotatable bonds is 4. The predicted molar refractivity (Wildman–Crippen MR) is 81.9 cm³/mol. The normalized spacial score (nSPS) is 26.7. The van der Waals surface area contributed by atoms with Gasteiger partial charge in [-0.15, -0.1) is 0 Å². The smallest absolute Gasteiger partial charge is 0.227 e. The van der Waals surface area contributed by atoms with Crippen LogP contribution in [0.5, 0.6) is 11.5 Å². The topological polar surface area (TPSA) is 47.6 Å². The Balaban J connectivity index is 1.76. The Morgan fingerprint density at radius 2 is 1.86 bits per heavy atom. The fourth-order valence-corrected chi connectivity index (χ4v) is 3.91. The molecule has 3 unspecified atom stereocenters. The van der Waals surface area contributed by atoms with Gasteiger partial charge in [0.15, 0.2) is 11.5 Å². The van der Waals surface area contributed by atoms with Gasteiger partial charge in [-0.1, -0.05) is 6.42 Å². The molecule has 1 N–H and O–H groups in total. The van der Waals surface area contributed by atoms with E-state index in [1.165, 1.54) is 19.3 Å². The zero-order chi connectivity index (χ0) is 15.0. The number of hydrogen-bond acceptors (Lipinski definition) is 3. The molecule has 0 spiro atoms. The minimum atomic E-state index is 0.164. The fraction of sp³-hybridized carbons (Fsp3) is 0.588. The van der Waals surface area contributed by atoms with E-state index in [1.54, 1.807) is 14.2 Å². The van der Waals surface area contributed by atoms with Crippen molar-refractivity contribution in [1.29, 1.82) is 0 Å². The zero-order valence-electron chi connectivity index (χ0n) is 12.9. The molecule has 2 bridgehead atoms. The van der Waals surface area contributed by atoms with Crippen LogP contribution in [0.25, 0.3) is 0 Å². The van der Waals surface area contributed by atoms with Gasteiger partial charge < -0.3 is 14.8 Å². The van der Waals surface area contributed by atoms with Crippen LogP contribution in [0, 0.1) is 24.7 Å². The lowest BCUT2D eigenvalue weighted by Crippen LogP contribution is -2.27. The van der Waals surface area contributed by atoms with Crippen LogP contribution in [0.15, 0.2) is 12.1 Å². The van der Waals surface area contributed by atoms with Crippen LogP contribution in [0.4, 0.5) is 5.69 Å². The van der Waals surface area contributed by atoms with Gasteiger partial charge in [0.2, 0.25) is 5.91 Å². The van der Waals surface area contributed by atoms with Gasteiger partial charge in [0.1, 0.15) is 0 Å². The van der Waals surface area contributed by atoms with Crippen molar-refractivity contribution in [2.75, 3.05) is 19.5 Å². The molecule has 1 amide bonds. The lowest BCUT2D eigenvalue weighted by atomic mass is 9.88. The second-order valence-corrected chi connectivity index (χ2v) is 6.29. The maximum absolute atomic E-state index is 12.5. The Labute approximate surface area is 125 Å². The highest BCUT2D eigenvalue weighted by Gasteiger charge is 2.43. The van der Waals surface area contributed by atoms with Crippen LogP contribution in [-0.2, 0) is 4.79 Å². The van der Waals surface area contributed by atoms with E-state index < -0.39 is 0 Å². The summed E-state index contributed by atoms with van der Waals surface area (Å²) in [6.07, 6.45) is 4.82. The monoisotopic (exact) mass is 289 g/mol. The summed E-state index contributed by atoms with van der Waals surface area (Å²) in [6.45, 7) is 1.97. The van der Waals surface area contributed by atoms with E-state index in [9.17, 15) is 4.79 Å². The van der Waals surface area contributed by atoms with E-state index in [0.29, 0.717) is 17.4 Å². The third kappa shape index (κ3) is 2.59. The summed E-state index contributed by atoms with van der Waals surface area (Å²) >= 11 is 0. The molecule has 1 aromatic rings. The van der Waals surface area contributed by atoms with Gasteiger partial charge in [0.25, 0.3) is 0 Å². The van der Waals surface area contributed by atoms with Gasteiger partial charge in [0, 0.05) is 17.7 Å². The van der Waals surface area contributed by atoms with E-state index in [0.717, 1.165) is 23.6 Å². The number of anilines is 1. The molecule has 2 saturated carbocycles. The Bertz CT molecular complexity index is 555. The molecule has 3 rings (SSSR count). The van der Waals surface area contributed by atoms with E-state index in [-0.39, 0.29) is 11.8 Å². The minimum absolute atomic E-state index is 0.164. The molecule has 3 atom stereocenters. The summed E-state index contributed by atoms with van der Waals surface area (Å²) in [5.41, 5.74) is 1.81. The number of ether oxygens (including phenoxy) is 2. The molecule has 0 aliphatic heterocycles. The number of aryl methyl sites for hydroxylation is 1. The third-order valence-corrected chi connectivity index (χ3v) is 5.06. The van der Waals surface area contributed by atoms with Crippen molar-refractivity contribution in [3.8, 4) is 11.5 Å². The highest BCUT2D eigenvalue weighted by Crippen LogP contribution is 2.48. The molecule has 21 heavy (non-hydrogen) atoms. The molecule has 0 aromatic heterocycles. The predicted octanol–water partition coefficient (Wildman–Crippen LogP) is 3.39. The van der Waals surface area contributed by atoms with Crippen LogP contribution in [0.2, 0.25) is 0 Å². The largest absolute Gasteiger partial charge is 0.493 e. The maximum Gasteiger partial charge on any atom is 0.227 e. The first kappa shape index (κ1) is 14.2. The number of methoxy groups -OCH3 is 2. The fourth-order valence-electron chi connectivity index (χ4n) is 3.91. The van der Waals surface area contributed by atoms with Gasteiger partial charge in [0.05, 0.1) is 14.2 Å². The van der Waals surface area contributed by atoms with E-state index in [4.69, 9.17) is 9.47 Å². The number of nitrogens with one attached hydrogen (secondary N) is 1. The first-order valence-electron chi connectivity index (χ1n) is 7.66. The van der Waals surface area contributed by atoms with Crippen LogP contribution >= 0.6 is 0 Å². The molecule has 2 fully saturated rings. The van der Waals surface area contributed by atoms with Crippen molar-refractivity contribution >= 4 is 11.6 Å². The first-order chi connectivity index (χ1) is 10.1. The third-order valence-electron chi connectivity index (χ3n) is 5.06. The molecule has 2 aliphatic rings. The molecule has 0 heterocycles. The van der Waals surface area contributed by atoms with Gasteiger partial charge in [-0.05, 0) is 49.7 Å². The second kappa shape index (κ2) is 5.58. The average Bonchev–Trinajstić information content (AvgIpc) is 3.11. The highest BCUT2D eigenvalue weighted by atomic mass is 16.5. The van der Waals surface area contributed by atoms with E-state index in [1.807, 2.05) is 19.1 Å². The summed E-state index contributed by atoms with van der Waals surface area (Å²) < 4.78 is 10.6. The van der Waals surface area contributed by atoms with Crippen LogP contribution < -0.4 is 14.8 Å². The molecular weight excluding hydrogens is 266 g/mol. The van der Waals surface area contributed by atoms with Gasteiger partial charge in [-0.2, -0.15) is 0 Å². The quantitative estimate of drug-likeness (QED) is 0.924. The van der Waals surface area contributed by atoms with Crippen LogP contribution in [0.1, 0.15) is 31.2 Å². The Morgan fingerprint density at radius 1 is 1.14 bits per heavy atom. The van der Waals surface area contributed by atoms with Crippen molar-refractivity contribution in [3.63, 3.8) is 0 Å². The molecule has 2 aliphatic carbocycles. The molecule has 0 radical (unpaired) electrons. The molecule has 4 heteroatoms. The molecule has 114 valence electrons. The van der Waals surface area contributed by atoms with E-state index in [2.05, 4.69) is 5.32 Å². The number of benzene rings is 1. The Kier molecular flexibility index (Phi) is 3.79. The summed E-state index contributed by atoms with van der Waals surface area (Å²) in [4.78, 5) is 12.5. The van der Waals surface area contributed by atoms with Crippen molar-refractivity contribution in [2.24, 2.45) is 17.8 Å². The molecule has 0 saturated heterocycles. The lowest BCUT2D eigenvalue weighted by Gasteiger charge is -2.22. The first-order valence-corrected chi connectivity index (χ1v) is 7.66. The summed E-state index contributed by atoms with van der Waals surface area (Å²) in [5, 5.41) is 3.09. The van der Waals surface area contributed by atoms with Gasteiger partial charge >= 0.3 is 0 Å². The summed E-state index contributed by atoms with van der Waals surface area (Å²) in [7, 11) is 3.22. The standard InChI is InChI=1S/C17H23NO3/c1-10-6-15(20-2)16(21-3)9-14(10)18-17(19)13-8-11-4-5-12(13)7-11/h6,9,11-13H,4-5,7-8H2,1-3H3,(H,18,19). The molecular formula is C17H23NO3. The molecule has 4 nitrogen and oxygen atoms in total. The Morgan fingerprint density at radius 3 is 2.43 bits per heavy atom. The van der Waals surface area contributed by atoms with Crippen molar-refractivity contribution in [1.82, 2.24) is 0 Å². The van der Waals surface area contributed by atoms with E-state index >= 15 is 0 Å². The van der Waals surface area contributed by atoms with Crippen LogP contribution in [0.3, 0.4) is 0 Å². The van der Waals surface area contributed by atoms with Gasteiger partial charge in [-0.25, -0.2) is 0 Å². The number of carbonyl (C=O) groups excluding carboxylic acids is 1. The van der Waals surface area contributed by atoms with Crippen molar-refractivity contribution in [2.45, 2.75) is 32.6 Å². The number of carbonyl (C=O) groups is 1. The zero-order valence-corrected chi connectivity index (χ0v) is 12.9.